The van der Waals surface area contributed by atoms with Crippen molar-refractivity contribution < 1.29 is 13.5 Å². The van der Waals surface area contributed by atoms with Gasteiger partial charge in [-0.2, -0.15) is 0 Å². The molecular weight excluding hydrogens is 312 g/mol. The van der Waals surface area contributed by atoms with Gasteiger partial charge in [0.1, 0.15) is 5.75 Å². The van der Waals surface area contributed by atoms with Crippen LogP contribution in [-0.2, 0) is 10.0 Å². The number of phenols is 1. The largest absolute Gasteiger partial charge is 0.506 e. The molecule has 2 aromatic rings. The molecule has 0 aromatic heterocycles. The lowest BCUT2D eigenvalue weighted by atomic mass is 10.1. The SMILES string of the molecule is CC(Nc1ccc(O)c(Cl)c1)c1cccc(S(N)(=O)=O)c1. The molecule has 1 unspecified atom stereocenters. The van der Waals surface area contributed by atoms with Crippen LogP contribution in [0.25, 0.3) is 0 Å². The van der Waals surface area contributed by atoms with Crippen LogP contribution in [-0.4, -0.2) is 13.5 Å². The molecule has 21 heavy (non-hydrogen) atoms. The average molecular weight is 327 g/mol. The van der Waals surface area contributed by atoms with Crippen LogP contribution in [0.5, 0.6) is 5.75 Å². The second-order valence-electron chi connectivity index (χ2n) is 4.65. The number of halogens is 1. The summed E-state index contributed by atoms with van der Waals surface area (Å²) >= 11 is 5.84. The number of nitrogens with two attached hydrogens (primary N) is 1. The fourth-order valence-corrected chi connectivity index (χ4v) is 2.64. The van der Waals surface area contributed by atoms with Crippen molar-refractivity contribution in [2.45, 2.75) is 17.9 Å². The van der Waals surface area contributed by atoms with E-state index in [-0.39, 0.29) is 21.7 Å². The Balaban J connectivity index is 2.24. The van der Waals surface area contributed by atoms with Gasteiger partial charge in [0.25, 0.3) is 0 Å². The van der Waals surface area contributed by atoms with Crippen LogP contribution in [0, 0.1) is 0 Å². The summed E-state index contributed by atoms with van der Waals surface area (Å²) in [4.78, 5) is 0.0670. The molecule has 0 bridgehead atoms. The Morgan fingerprint density at radius 1 is 1.24 bits per heavy atom. The summed E-state index contributed by atoms with van der Waals surface area (Å²) in [6.45, 7) is 1.88. The highest BCUT2D eigenvalue weighted by molar-refractivity contribution is 7.89. The predicted molar refractivity (Wildman–Crippen MR) is 83.0 cm³/mol. The minimum Gasteiger partial charge on any atom is -0.506 e. The second-order valence-corrected chi connectivity index (χ2v) is 6.62. The summed E-state index contributed by atoms with van der Waals surface area (Å²) in [5.74, 6) is 0.00564. The predicted octanol–water partition coefficient (Wildman–Crippen LogP) is 2.87. The van der Waals surface area contributed by atoms with Crippen molar-refractivity contribution in [3.8, 4) is 5.75 Å². The maximum atomic E-state index is 11.4. The molecule has 0 aliphatic carbocycles. The molecule has 7 heteroatoms. The van der Waals surface area contributed by atoms with Crippen molar-refractivity contribution in [3.63, 3.8) is 0 Å². The third kappa shape index (κ3) is 3.87. The minimum absolute atomic E-state index is 0.00564. The van der Waals surface area contributed by atoms with Crippen molar-refractivity contribution in [3.05, 3.63) is 53.1 Å². The van der Waals surface area contributed by atoms with Gasteiger partial charge in [0.2, 0.25) is 10.0 Å². The second kappa shape index (κ2) is 5.93. The van der Waals surface area contributed by atoms with Crippen LogP contribution >= 0.6 is 11.6 Å². The number of hydrogen-bond donors (Lipinski definition) is 3. The molecule has 0 fully saturated rings. The normalized spacial score (nSPS) is 12.9. The number of anilines is 1. The zero-order valence-electron chi connectivity index (χ0n) is 11.2. The van der Waals surface area contributed by atoms with Crippen LogP contribution in [0.1, 0.15) is 18.5 Å². The molecule has 0 saturated carbocycles. The molecule has 112 valence electrons. The zero-order valence-corrected chi connectivity index (χ0v) is 12.8. The fourth-order valence-electron chi connectivity index (χ4n) is 1.89. The molecule has 1 atom stereocenters. The van der Waals surface area contributed by atoms with E-state index in [2.05, 4.69) is 5.32 Å². The Morgan fingerprint density at radius 3 is 2.57 bits per heavy atom. The first-order chi connectivity index (χ1) is 9.77. The zero-order chi connectivity index (χ0) is 15.6. The van der Waals surface area contributed by atoms with Crippen LogP contribution in [0.15, 0.2) is 47.4 Å². The first-order valence-electron chi connectivity index (χ1n) is 6.15. The van der Waals surface area contributed by atoms with Crippen LogP contribution < -0.4 is 10.5 Å². The van der Waals surface area contributed by atoms with Crippen molar-refractivity contribution in [1.29, 1.82) is 0 Å². The molecule has 2 rings (SSSR count). The standard InChI is InChI=1S/C14H15ClN2O3S/c1-9(17-11-5-6-14(18)13(15)8-11)10-3-2-4-12(7-10)21(16,19)20/h2-9,17-18H,1H3,(H2,16,19,20). The van der Waals surface area contributed by atoms with Crippen LogP contribution in [0.3, 0.4) is 0 Å². The van der Waals surface area contributed by atoms with E-state index in [9.17, 15) is 13.5 Å². The van der Waals surface area contributed by atoms with E-state index in [0.717, 1.165) is 5.56 Å². The molecule has 0 aliphatic rings. The Labute approximate surface area is 128 Å². The average Bonchev–Trinajstić information content (AvgIpc) is 2.42. The summed E-state index contributed by atoms with van der Waals surface area (Å²) in [6, 6.07) is 11.0. The summed E-state index contributed by atoms with van der Waals surface area (Å²) in [5, 5.41) is 17.9. The van der Waals surface area contributed by atoms with Gasteiger partial charge in [0.15, 0.2) is 0 Å². The highest BCUT2D eigenvalue weighted by Gasteiger charge is 2.12. The van der Waals surface area contributed by atoms with E-state index in [4.69, 9.17) is 16.7 Å². The number of primary sulfonamides is 1. The van der Waals surface area contributed by atoms with Gasteiger partial charge < -0.3 is 10.4 Å². The summed E-state index contributed by atoms with van der Waals surface area (Å²) < 4.78 is 22.7. The lowest BCUT2D eigenvalue weighted by molar-refractivity contribution is 0.475. The van der Waals surface area contributed by atoms with Crippen molar-refractivity contribution >= 4 is 27.3 Å². The number of sulfonamides is 1. The Morgan fingerprint density at radius 2 is 1.95 bits per heavy atom. The molecule has 5 nitrogen and oxygen atoms in total. The third-order valence-corrected chi connectivity index (χ3v) is 4.23. The fraction of sp³-hybridized carbons (Fsp3) is 0.143. The quantitative estimate of drug-likeness (QED) is 0.753. The maximum Gasteiger partial charge on any atom is 0.238 e. The van der Waals surface area contributed by atoms with Crippen molar-refractivity contribution in [2.75, 3.05) is 5.32 Å². The smallest absolute Gasteiger partial charge is 0.238 e. The molecule has 0 spiro atoms. The minimum atomic E-state index is -3.73. The van der Waals surface area contributed by atoms with Gasteiger partial charge in [-0.05, 0) is 42.8 Å². The number of nitrogens with one attached hydrogen (secondary N) is 1. The molecule has 2 aromatic carbocycles. The first kappa shape index (κ1) is 15.6. The number of aromatic hydroxyl groups is 1. The van der Waals surface area contributed by atoms with Crippen molar-refractivity contribution in [1.82, 2.24) is 0 Å². The van der Waals surface area contributed by atoms with Gasteiger partial charge in [-0.15, -0.1) is 0 Å². The van der Waals surface area contributed by atoms with Gasteiger partial charge in [0.05, 0.1) is 9.92 Å². The molecule has 0 radical (unpaired) electrons. The van der Waals surface area contributed by atoms with E-state index in [0.29, 0.717) is 5.69 Å². The van der Waals surface area contributed by atoms with Gasteiger partial charge in [0, 0.05) is 11.7 Å². The number of benzene rings is 2. The van der Waals surface area contributed by atoms with Gasteiger partial charge in [-0.25, -0.2) is 13.6 Å². The maximum absolute atomic E-state index is 11.4. The Bertz CT molecular complexity index is 763. The highest BCUT2D eigenvalue weighted by atomic mass is 35.5. The summed E-state index contributed by atoms with van der Waals surface area (Å²) in [5.41, 5.74) is 1.48. The lowest BCUT2D eigenvalue weighted by Crippen LogP contribution is -2.13. The first-order valence-corrected chi connectivity index (χ1v) is 8.07. The number of phenolic OH excluding ortho intramolecular Hbond substituents is 1. The van der Waals surface area contributed by atoms with Gasteiger partial charge in [-0.3, -0.25) is 0 Å². The van der Waals surface area contributed by atoms with Gasteiger partial charge >= 0.3 is 0 Å². The third-order valence-electron chi connectivity index (χ3n) is 3.02. The van der Waals surface area contributed by atoms with E-state index < -0.39 is 10.0 Å². The summed E-state index contributed by atoms with van der Waals surface area (Å²) in [6.07, 6.45) is 0. The molecule has 0 saturated heterocycles. The van der Waals surface area contributed by atoms with E-state index >= 15 is 0 Å². The molecule has 0 amide bonds. The lowest BCUT2D eigenvalue weighted by Gasteiger charge is -2.16. The van der Waals surface area contributed by atoms with Crippen molar-refractivity contribution in [2.24, 2.45) is 5.14 Å². The topological polar surface area (TPSA) is 92.4 Å². The Kier molecular flexibility index (Phi) is 4.41. The Hall–Kier alpha value is -1.76. The molecular formula is C14H15ClN2O3S. The number of hydrogen-bond acceptors (Lipinski definition) is 4. The monoisotopic (exact) mass is 326 g/mol. The van der Waals surface area contributed by atoms with Crippen LogP contribution in [0.4, 0.5) is 5.69 Å². The van der Waals surface area contributed by atoms with Crippen LogP contribution in [0.2, 0.25) is 5.02 Å². The molecule has 0 aliphatic heterocycles. The highest BCUT2D eigenvalue weighted by Crippen LogP contribution is 2.28. The summed E-state index contributed by atoms with van der Waals surface area (Å²) in [7, 11) is -3.73. The number of rotatable bonds is 4. The van der Waals surface area contributed by atoms with E-state index in [1.807, 2.05) is 6.92 Å². The van der Waals surface area contributed by atoms with E-state index in [1.54, 1.807) is 24.3 Å². The molecule has 4 N–H and O–H groups in total. The van der Waals surface area contributed by atoms with E-state index in [1.165, 1.54) is 18.2 Å². The molecule has 0 heterocycles. The van der Waals surface area contributed by atoms with Gasteiger partial charge in [-0.1, -0.05) is 23.7 Å².